The van der Waals surface area contributed by atoms with Crippen LogP contribution in [-0.4, -0.2) is 5.11 Å². The van der Waals surface area contributed by atoms with Gasteiger partial charge in [0.2, 0.25) is 0 Å². The van der Waals surface area contributed by atoms with Crippen molar-refractivity contribution in [2.24, 2.45) is 5.92 Å². The minimum Gasteiger partial charge on any atom is -0.506 e. The van der Waals surface area contributed by atoms with E-state index in [4.69, 9.17) is 4.42 Å². The molecule has 3 aromatic rings. The molecule has 0 fully saturated rings. The van der Waals surface area contributed by atoms with Gasteiger partial charge in [-0.3, -0.25) is 0 Å². The summed E-state index contributed by atoms with van der Waals surface area (Å²) in [7, 11) is 0. The van der Waals surface area contributed by atoms with Crippen molar-refractivity contribution in [2.45, 2.75) is 30.1 Å². The predicted octanol–water partition coefficient (Wildman–Crippen LogP) is 5.36. The minimum absolute atomic E-state index is 0.0561. The van der Waals surface area contributed by atoms with Crippen LogP contribution < -0.4 is 5.63 Å². The smallest absolute Gasteiger partial charge is 0.354 e. The van der Waals surface area contributed by atoms with Crippen LogP contribution >= 0.6 is 11.8 Å². The van der Waals surface area contributed by atoms with Gasteiger partial charge < -0.3 is 9.52 Å². The zero-order chi connectivity index (χ0) is 17.8. The van der Waals surface area contributed by atoms with Gasteiger partial charge in [0.05, 0.1) is 0 Å². The van der Waals surface area contributed by atoms with Crippen molar-refractivity contribution in [1.82, 2.24) is 0 Å². The van der Waals surface area contributed by atoms with Gasteiger partial charge >= 0.3 is 5.63 Å². The van der Waals surface area contributed by atoms with Crippen molar-refractivity contribution >= 4 is 11.8 Å². The zero-order valence-electron chi connectivity index (χ0n) is 14.2. The molecule has 0 bridgehead atoms. The van der Waals surface area contributed by atoms with Gasteiger partial charge in [0, 0.05) is 16.5 Å². The first-order valence-electron chi connectivity index (χ1n) is 8.23. The first-order chi connectivity index (χ1) is 12.0. The summed E-state index contributed by atoms with van der Waals surface area (Å²) in [5.74, 6) is 0.814. The first-order valence-corrected chi connectivity index (χ1v) is 9.04. The molecule has 0 unspecified atom stereocenters. The molecule has 0 saturated carbocycles. The van der Waals surface area contributed by atoms with E-state index in [9.17, 15) is 9.90 Å². The Morgan fingerprint density at radius 1 is 1.04 bits per heavy atom. The number of hydrogen-bond acceptors (Lipinski definition) is 4. The standard InChI is InChI=1S/C21H20O3S/c1-14(2)12-16-10-6-7-11-19(16)25-20-17(22)13-18(24-21(20)23)15-8-4-3-5-9-15/h3-11,13-14,22H,12H2,1-2H3. The molecule has 0 aliphatic heterocycles. The summed E-state index contributed by atoms with van der Waals surface area (Å²) in [6.45, 7) is 4.31. The molecule has 0 spiro atoms. The molecule has 0 radical (unpaired) electrons. The van der Waals surface area contributed by atoms with E-state index < -0.39 is 5.63 Å². The fourth-order valence-corrected chi connectivity index (χ4v) is 3.57. The highest BCUT2D eigenvalue weighted by molar-refractivity contribution is 7.99. The van der Waals surface area contributed by atoms with Gasteiger partial charge in [-0.2, -0.15) is 0 Å². The molecule has 128 valence electrons. The molecule has 1 aromatic heterocycles. The highest BCUT2D eigenvalue weighted by Crippen LogP contribution is 2.36. The van der Waals surface area contributed by atoms with E-state index in [1.807, 2.05) is 48.5 Å². The van der Waals surface area contributed by atoms with E-state index in [1.54, 1.807) is 0 Å². The summed E-state index contributed by atoms with van der Waals surface area (Å²) in [6, 6.07) is 18.7. The van der Waals surface area contributed by atoms with Crippen molar-refractivity contribution in [3.63, 3.8) is 0 Å². The van der Waals surface area contributed by atoms with Gasteiger partial charge in [0.25, 0.3) is 0 Å². The Hall–Kier alpha value is -2.46. The van der Waals surface area contributed by atoms with Crippen LogP contribution in [0.25, 0.3) is 11.3 Å². The Bertz CT molecular complexity index is 914. The highest BCUT2D eigenvalue weighted by Gasteiger charge is 2.16. The maximum Gasteiger partial charge on any atom is 0.354 e. The first kappa shape index (κ1) is 17.4. The van der Waals surface area contributed by atoms with Gasteiger partial charge in [0.1, 0.15) is 16.4 Å². The lowest BCUT2D eigenvalue weighted by molar-refractivity contribution is 0.430. The van der Waals surface area contributed by atoms with Crippen LogP contribution in [0.5, 0.6) is 5.75 Å². The van der Waals surface area contributed by atoms with E-state index in [-0.39, 0.29) is 10.6 Å². The highest BCUT2D eigenvalue weighted by atomic mass is 32.2. The molecule has 1 heterocycles. The molecule has 0 saturated heterocycles. The second-order valence-electron chi connectivity index (χ2n) is 6.29. The van der Waals surface area contributed by atoms with Crippen molar-refractivity contribution in [1.29, 1.82) is 0 Å². The molecule has 3 rings (SSSR count). The summed E-state index contributed by atoms with van der Waals surface area (Å²) in [5.41, 5.74) is 1.39. The van der Waals surface area contributed by atoms with Crippen LogP contribution in [0.3, 0.4) is 0 Å². The van der Waals surface area contributed by atoms with E-state index in [0.717, 1.165) is 22.4 Å². The summed E-state index contributed by atoms with van der Waals surface area (Å²) >= 11 is 1.26. The summed E-state index contributed by atoms with van der Waals surface area (Å²) in [5, 5.41) is 10.4. The summed E-state index contributed by atoms with van der Waals surface area (Å²) in [6.07, 6.45) is 0.914. The molecule has 4 heteroatoms. The van der Waals surface area contributed by atoms with Crippen molar-refractivity contribution in [3.05, 3.63) is 76.6 Å². The normalized spacial score (nSPS) is 11.0. The average Bonchev–Trinajstić information content (AvgIpc) is 2.59. The minimum atomic E-state index is -0.525. The predicted molar refractivity (Wildman–Crippen MR) is 101 cm³/mol. The van der Waals surface area contributed by atoms with E-state index in [2.05, 4.69) is 19.9 Å². The molecular weight excluding hydrogens is 332 g/mol. The molecule has 0 amide bonds. The molecule has 0 aliphatic carbocycles. The molecule has 25 heavy (non-hydrogen) atoms. The quantitative estimate of drug-likeness (QED) is 0.671. The Labute approximate surface area is 151 Å². The van der Waals surface area contributed by atoms with Crippen LogP contribution in [0.15, 0.2) is 79.7 Å². The van der Waals surface area contributed by atoms with Crippen LogP contribution in [-0.2, 0) is 6.42 Å². The van der Waals surface area contributed by atoms with Gasteiger partial charge in [-0.05, 0) is 24.0 Å². The SMILES string of the molecule is CC(C)Cc1ccccc1Sc1c(O)cc(-c2ccccc2)oc1=O. The Morgan fingerprint density at radius 3 is 2.40 bits per heavy atom. The number of rotatable bonds is 5. The maximum atomic E-state index is 12.4. The number of hydrogen-bond donors (Lipinski definition) is 1. The zero-order valence-corrected chi connectivity index (χ0v) is 15.0. The summed E-state index contributed by atoms with van der Waals surface area (Å²) in [4.78, 5) is 13.6. The number of aromatic hydroxyl groups is 1. The van der Waals surface area contributed by atoms with Crippen molar-refractivity contribution < 1.29 is 9.52 Å². The Balaban J connectivity index is 1.96. The largest absolute Gasteiger partial charge is 0.506 e. The van der Waals surface area contributed by atoms with E-state index in [0.29, 0.717) is 11.7 Å². The Kier molecular flexibility index (Phi) is 5.29. The fraction of sp³-hybridized carbons (Fsp3) is 0.190. The van der Waals surface area contributed by atoms with Crippen LogP contribution in [0.2, 0.25) is 0 Å². The van der Waals surface area contributed by atoms with Gasteiger partial charge in [0.15, 0.2) is 0 Å². The third-order valence-electron chi connectivity index (χ3n) is 3.76. The van der Waals surface area contributed by atoms with Gasteiger partial charge in [-0.15, -0.1) is 0 Å². The average molecular weight is 352 g/mol. The molecule has 3 nitrogen and oxygen atoms in total. The van der Waals surface area contributed by atoms with Crippen LogP contribution in [0, 0.1) is 5.92 Å². The second-order valence-corrected chi connectivity index (χ2v) is 7.34. The lowest BCUT2D eigenvalue weighted by Gasteiger charge is -2.11. The maximum absolute atomic E-state index is 12.4. The third kappa shape index (κ3) is 4.15. The fourth-order valence-electron chi connectivity index (χ4n) is 2.63. The van der Waals surface area contributed by atoms with E-state index >= 15 is 0 Å². The van der Waals surface area contributed by atoms with Gasteiger partial charge in [-0.25, -0.2) is 4.79 Å². The topological polar surface area (TPSA) is 50.4 Å². The third-order valence-corrected chi connectivity index (χ3v) is 4.96. The van der Waals surface area contributed by atoms with Crippen molar-refractivity contribution in [3.8, 4) is 17.1 Å². The molecular formula is C21H20O3S. The van der Waals surface area contributed by atoms with Crippen molar-refractivity contribution in [2.75, 3.05) is 0 Å². The van der Waals surface area contributed by atoms with Gasteiger partial charge in [-0.1, -0.05) is 74.1 Å². The Morgan fingerprint density at radius 2 is 1.72 bits per heavy atom. The molecule has 1 N–H and O–H groups in total. The summed E-state index contributed by atoms with van der Waals surface area (Å²) < 4.78 is 5.43. The number of benzene rings is 2. The van der Waals surface area contributed by atoms with E-state index in [1.165, 1.54) is 17.8 Å². The van der Waals surface area contributed by atoms with Crippen LogP contribution in [0.4, 0.5) is 0 Å². The lowest BCUT2D eigenvalue weighted by Crippen LogP contribution is -2.04. The molecule has 2 aromatic carbocycles. The molecule has 0 atom stereocenters. The molecule has 0 aliphatic rings. The van der Waals surface area contributed by atoms with Crippen LogP contribution in [0.1, 0.15) is 19.4 Å². The lowest BCUT2D eigenvalue weighted by atomic mass is 10.0. The second kappa shape index (κ2) is 7.62. The monoisotopic (exact) mass is 352 g/mol.